The van der Waals surface area contributed by atoms with E-state index in [0.29, 0.717) is 11.9 Å². The van der Waals surface area contributed by atoms with Crippen LogP contribution in [0, 0.1) is 0 Å². The lowest BCUT2D eigenvalue weighted by Crippen LogP contribution is -2.36. The van der Waals surface area contributed by atoms with Crippen molar-refractivity contribution in [2.45, 2.75) is 32.0 Å². The number of nitrogens with one attached hydrogen (secondary N) is 1. The monoisotopic (exact) mass is 337 g/mol. The van der Waals surface area contributed by atoms with Gasteiger partial charge in [-0.3, -0.25) is 4.90 Å². The van der Waals surface area contributed by atoms with E-state index in [0.717, 1.165) is 19.5 Å². The Morgan fingerprint density at radius 3 is 2.77 bits per heavy atom. The number of hydrogen-bond acceptors (Lipinski definition) is 5. The Balaban J connectivity index is 1.66. The summed E-state index contributed by atoms with van der Waals surface area (Å²) in [5.74, 6) is 0.500. The van der Waals surface area contributed by atoms with Crippen molar-refractivity contribution in [3.05, 3.63) is 46.3 Å². The number of hydrogen-bond donors (Lipinski definition) is 1. The first-order valence-corrected chi connectivity index (χ1v) is 7.99. The summed E-state index contributed by atoms with van der Waals surface area (Å²) in [4.78, 5) is 6.55. The van der Waals surface area contributed by atoms with Crippen molar-refractivity contribution >= 4 is 29.0 Å². The van der Waals surface area contributed by atoms with Crippen LogP contribution in [0.2, 0.25) is 10.4 Å². The van der Waals surface area contributed by atoms with E-state index >= 15 is 0 Å². The summed E-state index contributed by atoms with van der Waals surface area (Å²) < 4.78 is 0. The molecule has 22 heavy (non-hydrogen) atoms. The van der Waals surface area contributed by atoms with Gasteiger partial charge in [-0.05, 0) is 30.5 Å². The third-order valence-electron chi connectivity index (χ3n) is 4.06. The molecule has 0 bridgehead atoms. The van der Waals surface area contributed by atoms with Gasteiger partial charge >= 0.3 is 0 Å². The van der Waals surface area contributed by atoms with Crippen LogP contribution in [0.3, 0.4) is 0 Å². The maximum Gasteiger partial charge on any atom is 0.245 e. The molecular formula is C15H17Cl2N5. The fourth-order valence-electron chi connectivity index (χ4n) is 2.80. The standard InChI is InChI=1S/C15H17Cl2N5/c1-10-12(18-14-13(16)20-21-15(17)19-14)7-8-22(10)9-11-5-3-2-4-6-11/h2-6,10,12H,7-9H2,1H3,(H,18,19,21). The quantitative estimate of drug-likeness (QED) is 0.927. The topological polar surface area (TPSA) is 53.9 Å². The van der Waals surface area contributed by atoms with Crippen LogP contribution in [-0.4, -0.2) is 38.7 Å². The second kappa shape index (κ2) is 6.77. The normalized spacial score (nSPS) is 22.0. The largest absolute Gasteiger partial charge is 0.363 e. The lowest BCUT2D eigenvalue weighted by molar-refractivity contribution is 0.255. The molecule has 2 unspecified atom stereocenters. The van der Waals surface area contributed by atoms with Crippen molar-refractivity contribution in [2.24, 2.45) is 0 Å². The molecule has 1 aromatic carbocycles. The zero-order chi connectivity index (χ0) is 15.5. The lowest BCUT2D eigenvalue weighted by atomic mass is 10.1. The van der Waals surface area contributed by atoms with Gasteiger partial charge < -0.3 is 5.32 Å². The number of nitrogens with zero attached hydrogens (tertiary/aromatic N) is 4. The van der Waals surface area contributed by atoms with E-state index in [1.807, 2.05) is 6.07 Å². The van der Waals surface area contributed by atoms with Gasteiger partial charge in [-0.15, -0.1) is 10.2 Å². The van der Waals surface area contributed by atoms with Gasteiger partial charge in [0.25, 0.3) is 0 Å². The Hall–Kier alpha value is -1.43. The van der Waals surface area contributed by atoms with E-state index in [2.05, 4.69) is 56.6 Å². The molecule has 2 aromatic rings. The second-order valence-electron chi connectivity index (χ2n) is 5.46. The van der Waals surface area contributed by atoms with E-state index < -0.39 is 0 Å². The Morgan fingerprint density at radius 2 is 2.00 bits per heavy atom. The predicted octanol–water partition coefficient (Wildman–Crippen LogP) is 3.25. The number of halogens is 2. The molecule has 2 heterocycles. The third-order valence-corrected chi connectivity index (χ3v) is 4.47. The summed E-state index contributed by atoms with van der Waals surface area (Å²) in [5, 5.41) is 11.1. The summed E-state index contributed by atoms with van der Waals surface area (Å²) in [6.07, 6.45) is 1.02. The average Bonchev–Trinajstić information content (AvgIpc) is 2.85. The van der Waals surface area contributed by atoms with E-state index in [9.17, 15) is 0 Å². The van der Waals surface area contributed by atoms with Crippen molar-refractivity contribution in [1.29, 1.82) is 0 Å². The number of benzene rings is 1. The predicted molar refractivity (Wildman–Crippen MR) is 88.2 cm³/mol. The zero-order valence-corrected chi connectivity index (χ0v) is 13.7. The van der Waals surface area contributed by atoms with Crippen LogP contribution in [0.4, 0.5) is 5.82 Å². The Bertz CT molecular complexity index is 637. The second-order valence-corrected chi connectivity index (χ2v) is 6.15. The minimum Gasteiger partial charge on any atom is -0.363 e. The average molecular weight is 338 g/mol. The Kier molecular flexibility index (Phi) is 4.76. The molecule has 0 spiro atoms. The molecule has 0 saturated carbocycles. The number of aromatic nitrogens is 3. The molecule has 1 N–H and O–H groups in total. The molecule has 1 fully saturated rings. The van der Waals surface area contributed by atoms with E-state index in [1.54, 1.807) is 0 Å². The molecule has 1 aromatic heterocycles. The molecule has 0 aliphatic carbocycles. The summed E-state index contributed by atoms with van der Waals surface area (Å²) >= 11 is 11.8. The van der Waals surface area contributed by atoms with Crippen molar-refractivity contribution in [1.82, 2.24) is 20.1 Å². The van der Waals surface area contributed by atoms with Crippen molar-refractivity contribution in [3.8, 4) is 0 Å². The van der Waals surface area contributed by atoms with Crippen molar-refractivity contribution in [3.63, 3.8) is 0 Å². The van der Waals surface area contributed by atoms with Crippen molar-refractivity contribution < 1.29 is 0 Å². The highest BCUT2D eigenvalue weighted by molar-refractivity contribution is 6.32. The Morgan fingerprint density at radius 1 is 1.23 bits per heavy atom. The number of rotatable bonds is 4. The number of likely N-dealkylation sites (tertiary alicyclic amines) is 1. The molecular weight excluding hydrogens is 321 g/mol. The third kappa shape index (κ3) is 3.48. The van der Waals surface area contributed by atoms with Crippen LogP contribution >= 0.6 is 23.2 Å². The van der Waals surface area contributed by atoms with Crippen LogP contribution in [0.1, 0.15) is 18.9 Å². The summed E-state index contributed by atoms with van der Waals surface area (Å²) in [7, 11) is 0. The van der Waals surface area contributed by atoms with Crippen molar-refractivity contribution in [2.75, 3.05) is 11.9 Å². The van der Waals surface area contributed by atoms with Crippen LogP contribution in [-0.2, 0) is 6.54 Å². The molecule has 5 nitrogen and oxygen atoms in total. The van der Waals surface area contributed by atoms with Gasteiger partial charge in [-0.1, -0.05) is 41.9 Å². The first-order chi connectivity index (χ1) is 10.6. The van der Waals surface area contributed by atoms with Crippen LogP contribution in [0.25, 0.3) is 0 Å². The first-order valence-electron chi connectivity index (χ1n) is 7.23. The van der Waals surface area contributed by atoms with E-state index in [4.69, 9.17) is 23.2 Å². The first kappa shape index (κ1) is 15.5. The number of anilines is 1. The smallest absolute Gasteiger partial charge is 0.245 e. The van der Waals surface area contributed by atoms with Gasteiger partial charge in [0.2, 0.25) is 5.28 Å². The summed E-state index contributed by atoms with van der Waals surface area (Å²) in [5.41, 5.74) is 1.32. The molecule has 7 heteroatoms. The zero-order valence-electron chi connectivity index (χ0n) is 12.2. The lowest BCUT2D eigenvalue weighted by Gasteiger charge is -2.25. The highest BCUT2D eigenvalue weighted by Gasteiger charge is 2.31. The summed E-state index contributed by atoms with van der Waals surface area (Å²) in [6, 6.07) is 11.1. The minimum atomic E-state index is 0.0960. The summed E-state index contributed by atoms with van der Waals surface area (Å²) in [6.45, 7) is 4.17. The highest BCUT2D eigenvalue weighted by atomic mass is 35.5. The molecule has 1 saturated heterocycles. The fraction of sp³-hybridized carbons (Fsp3) is 0.400. The van der Waals surface area contributed by atoms with Gasteiger partial charge in [0, 0.05) is 25.2 Å². The van der Waals surface area contributed by atoms with Crippen LogP contribution in [0.15, 0.2) is 30.3 Å². The SMILES string of the molecule is CC1C(Nc2nc(Cl)nnc2Cl)CCN1Cc1ccccc1. The molecule has 1 aliphatic heterocycles. The van der Waals surface area contributed by atoms with Gasteiger partial charge in [-0.2, -0.15) is 4.98 Å². The van der Waals surface area contributed by atoms with Gasteiger partial charge in [0.1, 0.15) is 0 Å². The molecule has 116 valence electrons. The minimum absolute atomic E-state index is 0.0960. The maximum atomic E-state index is 6.02. The van der Waals surface area contributed by atoms with E-state index in [1.165, 1.54) is 5.56 Å². The molecule has 0 amide bonds. The van der Waals surface area contributed by atoms with Gasteiger partial charge in [-0.25, -0.2) is 0 Å². The van der Waals surface area contributed by atoms with Crippen LogP contribution in [0.5, 0.6) is 0 Å². The van der Waals surface area contributed by atoms with Gasteiger partial charge in [0.15, 0.2) is 11.0 Å². The highest BCUT2D eigenvalue weighted by Crippen LogP contribution is 2.25. The van der Waals surface area contributed by atoms with Gasteiger partial charge in [0.05, 0.1) is 0 Å². The molecule has 2 atom stereocenters. The Labute approximate surface area is 139 Å². The van der Waals surface area contributed by atoms with Crippen LogP contribution < -0.4 is 5.32 Å². The molecule has 3 rings (SSSR count). The fourth-order valence-corrected chi connectivity index (χ4v) is 3.06. The van der Waals surface area contributed by atoms with E-state index in [-0.39, 0.29) is 16.5 Å². The molecule has 0 radical (unpaired) electrons. The molecule has 1 aliphatic rings. The maximum absolute atomic E-state index is 6.02.